The fourth-order valence-corrected chi connectivity index (χ4v) is 2.18. The number of nitrogens with one attached hydrogen (secondary N) is 1. The minimum atomic E-state index is -1.02. The van der Waals surface area contributed by atoms with Gasteiger partial charge >= 0.3 is 6.09 Å². The second-order valence-corrected chi connectivity index (χ2v) is 3.97. The van der Waals surface area contributed by atoms with E-state index in [0.717, 1.165) is 11.4 Å². The molecule has 1 aliphatic rings. The van der Waals surface area contributed by atoms with Crippen LogP contribution in [0.3, 0.4) is 0 Å². The molecule has 2 rings (SSSR count). The molecule has 1 aromatic rings. The Balaban J connectivity index is 2.24. The van der Waals surface area contributed by atoms with E-state index in [0.29, 0.717) is 0 Å². The Morgan fingerprint density at radius 3 is 3.12 bits per heavy atom. The molecule has 0 unspecified atom stereocenters. The molecule has 0 saturated carbocycles. The number of aromatic nitrogens is 1. The molecule has 1 aliphatic heterocycles. The number of rotatable bonds is 2. The second-order valence-electron chi connectivity index (χ2n) is 3.97. The molecule has 1 aromatic heterocycles. The highest BCUT2D eigenvalue weighted by Crippen LogP contribution is 2.38. The van der Waals surface area contributed by atoms with E-state index in [4.69, 9.17) is 9.84 Å². The van der Waals surface area contributed by atoms with Crippen LogP contribution in [0.5, 0.6) is 5.75 Å². The van der Waals surface area contributed by atoms with Gasteiger partial charge in [-0.2, -0.15) is 0 Å². The number of hydrogen-bond acceptors (Lipinski definition) is 3. The highest BCUT2D eigenvalue weighted by Gasteiger charge is 2.36. The molecule has 2 N–H and O–H groups in total. The van der Waals surface area contributed by atoms with Crippen molar-refractivity contribution in [3.63, 3.8) is 0 Å². The lowest BCUT2D eigenvalue weighted by Crippen LogP contribution is -2.39. The first-order valence-corrected chi connectivity index (χ1v) is 5.20. The smallest absolute Gasteiger partial charge is 0.404 e. The largest absolute Gasteiger partial charge is 0.488 e. The summed E-state index contributed by atoms with van der Waals surface area (Å²) in [6.45, 7) is 3.74. The molecular formula is C11H14N2O3. The average molecular weight is 222 g/mol. The molecule has 0 fully saturated rings. The Hall–Kier alpha value is -1.78. The van der Waals surface area contributed by atoms with Crippen molar-refractivity contribution in [1.29, 1.82) is 0 Å². The van der Waals surface area contributed by atoms with Gasteiger partial charge in [0.15, 0.2) is 0 Å². The number of pyridine rings is 1. The minimum absolute atomic E-state index is 0.0349. The lowest BCUT2D eigenvalue weighted by atomic mass is 9.93. The zero-order valence-electron chi connectivity index (χ0n) is 9.18. The van der Waals surface area contributed by atoms with E-state index in [1.54, 1.807) is 6.20 Å². The Kier molecular flexibility index (Phi) is 2.68. The molecule has 0 saturated heterocycles. The van der Waals surface area contributed by atoms with Crippen LogP contribution in [0.2, 0.25) is 0 Å². The molecule has 0 aromatic carbocycles. The van der Waals surface area contributed by atoms with Crippen LogP contribution in [0.25, 0.3) is 0 Å². The number of ether oxygens (including phenoxy) is 1. The molecule has 0 bridgehead atoms. The molecule has 2 heterocycles. The van der Waals surface area contributed by atoms with Crippen LogP contribution in [-0.2, 0) is 0 Å². The number of carboxylic acid groups (broad SMARTS) is 1. The lowest BCUT2D eigenvalue weighted by Gasteiger charge is -2.21. The van der Waals surface area contributed by atoms with Crippen molar-refractivity contribution in [3.8, 4) is 5.75 Å². The number of hydrogen-bond donors (Lipinski definition) is 2. The monoisotopic (exact) mass is 222 g/mol. The number of nitrogens with zero attached hydrogens (tertiary/aromatic N) is 1. The van der Waals surface area contributed by atoms with Gasteiger partial charge in [0, 0.05) is 12.2 Å². The van der Waals surface area contributed by atoms with Crippen molar-refractivity contribution < 1.29 is 14.6 Å². The third-order valence-electron chi connectivity index (χ3n) is 2.82. The zero-order chi connectivity index (χ0) is 11.7. The topological polar surface area (TPSA) is 71.5 Å². The van der Waals surface area contributed by atoms with Gasteiger partial charge in [0.2, 0.25) is 0 Å². The van der Waals surface area contributed by atoms with Gasteiger partial charge in [-0.15, -0.1) is 0 Å². The third-order valence-corrected chi connectivity index (χ3v) is 2.82. The van der Waals surface area contributed by atoms with Crippen molar-refractivity contribution in [3.05, 3.63) is 24.0 Å². The van der Waals surface area contributed by atoms with Gasteiger partial charge in [-0.25, -0.2) is 4.79 Å². The standard InChI is InChI=1S/C11H14N2O3/c1-6(13-11(14)15)9-7(2)16-8-4-3-5-12-10(8)9/h3-7,9,13H,1-2H3,(H,14,15)/t6-,7-,9-/m1/s1. The van der Waals surface area contributed by atoms with E-state index in [9.17, 15) is 4.79 Å². The first kappa shape index (κ1) is 10.7. The third kappa shape index (κ3) is 1.80. The first-order chi connectivity index (χ1) is 7.59. The van der Waals surface area contributed by atoms with Gasteiger partial charge in [-0.1, -0.05) is 0 Å². The fourth-order valence-electron chi connectivity index (χ4n) is 2.18. The van der Waals surface area contributed by atoms with Crippen LogP contribution in [0.1, 0.15) is 25.5 Å². The van der Waals surface area contributed by atoms with E-state index in [1.807, 2.05) is 26.0 Å². The molecule has 0 spiro atoms. The molecule has 86 valence electrons. The molecule has 5 nitrogen and oxygen atoms in total. The van der Waals surface area contributed by atoms with Crippen LogP contribution >= 0.6 is 0 Å². The molecule has 3 atom stereocenters. The summed E-state index contributed by atoms with van der Waals surface area (Å²) in [5.74, 6) is 0.714. The first-order valence-electron chi connectivity index (χ1n) is 5.20. The fraction of sp³-hybridized carbons (Fsp3) is 0.455. The van der Waals surface area contributed by atoms with Crippen molar-refractivity contribution in [2.45, 2.75) is 31.9 Å². The minimum Gasteiger partial charge on any atom is -0.488 e. The Morgan fingerprint density at radius 2 is 2.44 bits per heavy atom. The summed E-state index contributed by atoms with van der Waals surface area (Å²) in [5.41, 5.74) is 0.830. The summed E-state index contributed by atoms with van der Waals surface area (Å²) in [7, 11) is 0. The average Bonchev–Trinajstić information content (AvgIpc) is 2.52. The van der Waals surface area contributed by atoms with E-state index < -0.39 is 6.09 Å². The van der Waals surface area contributed by atoms with Crippen molar-refractivity contribution in [2.75, 3.05) is 0 Å². The number of fused-ring (bicyclic) bond motifs is 1. The van der Waals surface area contributed by atoms with Crippen LogP contribution in [-0.4, -0.2) is 28.3 Å². The van der Waals surface area contributed by atoms with E-state index >= 15 is 0 Å². The van der Waals surface area contributed by atoms with Gasteiger partial charge in [-0.05, 0) is 26.0 Å². The van der Waals surface area contributed by atoms with Gasteiger partial charge in [-0.3, -0.25) is 4.98 Å². The van der Waals surface area contributed by atoms with Crippen LogP contribution in [0.4, 0.5) is 4.79 Å². The van der Waals surface area contributed by atoms with Crippen molar-refractivity contribution in [2.24, 2.45) is 0 Å². The number of amides is 1. The summed E-state index contributed by atoms with van der Waals surface area (Å²) in [4.78, 5) is 14.9. The molecular weight excluding hydrogens is 208 g/mol. The number of carbonyl (C=O) groups is 1. The van der Waals surface area contributed by atoms with Crippen molar-refractivity contribution in [1.82, 2.24) is 10.3 Å². The van der Waals surface area contributed by atoms with E-state index in [1.165, 1.54) is 0 Å². The maximum Gasteiger partial charge on any atom is 0.404 e. The zero-order valence-corrected chi connectivity index (χ0v) is 9.18. The normalized spacial score (nSPS) is 24.4. The van der Waals surface area contributed by atoms with Gasteiger partial charge in [0.25, 0.3) is 0 Å². The summed E-state index contributed by atoms with van der Waals surface area (Å²) < 4.78 is 5.63. The Morgan fingerprint density at radius 1 is 1.69 bits per heavy atom. The van der Waals surface area contributed by atoms with Crippen LogP contribution in [0, 0.1) is 0 Å². The SMILES string of the molecule is C[C@@H](NC(=O)O)[C@H]1c2ncccc2O[C@@H]1C. The molecule has 16 heavy (non-hydrogen) atoms. The Labute approximate surface area is 93.5 Å². The van der Waals surface area contributed by atoms with Gasteiger partial charge in [0.05, 0.1) is 11.6 Å². The summed E-state index contributed by atoms with van der Waals surface area (Å²) in [5, 5.41) is 11.2. The molecule has 5 heteroatoms. The van der Waals surface area contributed by atoms with Gasteiger partial charge < -0.3 is 15.2 Å². The molecule has 1 amide bonds. The second kappa shape index (κ2) is 4.00. The quantitative estimate of drug-likeness (QED) is 0.797. The predicted molar refractivity (Wildman–Crippen MR) is 57.7 cm³/mol. The van der Waals surface area contributed by atoms with E-state index in [-0.39, 0.29) is 18.1 Å². The van der Waals surface area contributed by atoms with Gasteiger partial charge in [0.1, 0.15) is 11.9 Å². The Bertz CT molecular complexity index is 408. The summed E-state index contributed by atoms with van der Waals surface area (Å²) in [6.07, 6.45) is 0.608. The highest BCUT2D eigenvalue weighted by molar-refractivity contribution is 5.65. The van der Waals surface area contributed by atoms with Crippen LogP contribution < -0.4 is 10.1 Å². The maximum atomic E-state index is 10.6. The lowest BCUT2D eigenvalue weighted by molar-refractivity contribution is 0.176. The summed E-state index contributed by atoms with van der Waals surface area (Å²) >= 11 is 0. The van der Waals surface area contributed by atoms with Crippen molar-refractivity contribution >= 4 is 6.09 Å². The van der Waals surface area contributed by atoms with E-state index in [2.05, 4.69) is 10.3 Å². The maximum absolute atomic E-state index is 10.6. The predicted octanol–water partition coefficient (Wildman–Crippen LogP) is 1.60. The van der Waals surface area contributed by atoms with Crippen LogP contribution in [0.15, 0.2) is 18.3 Å². The highest BCUT2D eigenvalue weighted by atomic mass is 16.5. The molecule has 0 aliphatic carbocycles. The molecule has 0 radical (unpaired) electrons. The summed E-state index contributed by atoms with van der Waals surface area (Å²) in [6, 6.07) is 3.44.